The van der Waals surface area contributed by atoms with Gasteiger partial charge in [0.1, 0.15) is 10.8 Å². The highest BCUT2D eigenvalue weighted by Gasteiger charge is 2.23. The molecule has 0 aliphatic rings. The van der Waals surface area contributed by atoms with Crippen molar-refractivity contribution >= 4 is 23.4 Å². The summed E-state index contributed by atoms with van der Waals surface area (Å²) >= 11 is 6.06. The zero-order valence-corrected chi connectivity index (χ0v) is 19.2. The lowest BCUT2D eigenvalue weighted by Gasteiger charge is -2.29. The number of benzene rings is 1. The minimum Gasteiger partial charge on any atom is -0.481 e. The number of amides is 2. The molecule has 0 fully saturated rings. The highest BCUT2D eigenvalue weighted by molar-refractivity contribution is 6.29. The van der Waals surface area contributed by atoms with E-state index in [1.54, 1.807) is 28.6 Å². The van der Waals surface area contributed by atoms with Gasteiger partial charge in [0.15, 0.2) is 0 Å². The summed E-state index contributed by atoms with van der Waals surface area (Å²) in [6.45, 7) is 0.430. The van der Waals surface area contributed by atoms with Crippen LogP contribution in [-0.4, -0.2) is 53.0 Å². The molecule has 1 aromatic carbocycles. The maximum absolute atomic E-state index is 13.2. The standard InChI is InChI=1S/C24H27ClN4O3/c1-28-13-7-10-20(28)23(30)26-12-11-19(14-17-8-5-4-6-9-17)29(2)24(31)18-15-21(25)27-22(16-18)32-3/h4-10,13,15-16,19H,11-12,14H2,1-3H3,(H,26,30)/t19-/m1/s1. The average molecular weight is 455 g/mol. The van der Waals surface area contributed by atoms with Crippen molar-refractivity contribution in [1.82, 2.24) is 19.8 Å². The highest BCUT2D eigenvalue weighted by atomic mass is 35.5. The highest BCUT2D eigenvalue weighted by Crippen LogP contribution is 2.20. The van der Waals surface area contributed by atoms with E-state index in [9.17, 15) is 9.59 Å². The van der Waals surface area contributed by atoms with Gasteiger partial charge >= 0.3 is 0 Å². The Labute approximate surface area is 193 Å². The van der Waals surface area contributed by atoms with Gasteiger partial charge in [-0.2, -0.15) is 0 Å². The first-order chi connectivity index (χ1) is 15.4. The monoisotopic (exact) mass is 454 g/mol. The minimum atomic E-state index is -0.192. The number of halogens is 1. The van der Waals surface area contributed by atoms with Gasteiger partial charge in [-0.05, 0) is 36.6 Å². The lowest BCUT2D eigenvalue weighted by Crippen LogP contribution is -2.41. The fourth-order valence-electron chi connectivity index (χ4n) is 3.53. The van der Waals surface area contributed by atoms with E-state index in [1.165, 1.54) is 13.2 Å². The molecule has 8 heteroatoms. The van der Waals surface area contributed by atoms with Crippen molar-refractivity contribution < 1.29 is 14.3 Å². The van der Waals surface area contributed by atoms with Gasteiger partial charge in [0.25, 0.3) is 11.8 Å². The Kier molecular flexibility index (Phi) is 7.89. The summed E-state index contributed by atoms with van der Waals surface area (Å²) in [6.07, 6.45) is 3.07. The van der Waals surface area contributed by atoms with Crippen LogP contribution in [-0.2, 0) is 13.5 Å². The number of carbonyl (C=O) groups excluding carboxylic acids is 2. The summed E-state index contributed by atoms with van der Waals surface area (Å²) in [7, 11) is 5.06. The third kappa shape index (κ3) is 5.88. The van der Waals surface area contributed by atoms with E-state index in [-0.39, 0.29) is 28.9 Å². The number of carbonyl (C=O) groups is 2. The summed E-state index contributed by atoms with van der Waals surface area (Å²) in [5, 5.41) is 3.14. The zero-order valence-electron chi connectivity index (χ0n) is 18.4. The Morgan fingerprint density at radius 2 is 1.94 bits per heavy atom. The normalized spacial score (nSPS) is 11.6. The molecule has 7 nitrogen and oxygen atoms in total. The van der Waals surface area contributed by atoms with Crippen LogP contribution in [0.1, 0.15) is 32.8 Å². The molecular weight excluding hydrogens is 428 g/mol. The maximum atomic E-state index is 13.2. The molecule has 0 spiro atoms. The van der Waals surface area contributed by atoms with Crippen molar-refractivity contribution in [3.8, 4) is 5.88 Å². The van der Waals surface area contributed by atoms with E-state index in [1.807, 2.05) is 49.6 Å². The number of aryl methyl sites for hydroxylation is 1. The van der Waals surface area contributed by atoms with Crippen LogP contribution in [0.15, 0.2) is 60.8 Å². The number of pyridine rings is 1. The molecule has 0 radical (unpaired) electrons. The van der Waals surface area contributed by atoms with Gasteiger partial charge in [-0.1, -0.05) is 41.9 Å². The number of methoxy groups -OCH3 is 1. The van der Waals surface area contributed by atoms with E-state index >= 15 is 0 Å². The topological polar surface area (TPSA) is 76.5 Å². The molecule has 0 aliphatic heterocycles. The lowest BCUT2D eigenvalue weighted by molar-refractivity contribution is 0.0722. The summed E-state index contributed by atoms with van der Waals surface area (Å²) in [5.41, 5.74) is 2.10. The molecule has 0 saturated heterocycles. The van der Waals surface area contributed by atoms with Gasteiger partial charge < -0.3 is 19.5 Å². The SMILES string of the molecule is COc1cc(C(=O)N(C)[C@H](CCNC(=O)c2cccn2C)Cc2ccccc2)cc(Cl)n1. The van der Waals surface area contributed by atoms with Crippen LogP contribution in [0.3, 0.4) is 0 Å². The second-order valence-corrected chi connectivity index (χ2v) is 7.92. The van der Waals surface area contributed by atoms with E-state index in [4.69, 9.17) is 16.3 Å². The van der Waals surface area contributed by atoms with Crippen molar-refractivity contribution in [1.29, 1.82) is 0 Å². The van der Waals surface area contributed by atoms with Gasteiger partial charge in [0.2, 0.25) is 5.88 Å². The molecule has 0 saturated carbocycles. The summed E-state index contributed by atoms with van der Waals surface area (Å²) < 4.78 is 6.91. The van der Waals surface area contributed by atoms with Crippen LogP contribution >= 0.6 is 11.6 Å². The first kappa shape index (κ1) is 23.3. The fourth-order valence-corrected chi connectivity index (χ4v) is 3.73. The summed E-state index contributed by atoms with van der Waals surface area (Å²) in [5.74, 6) is -0.0541. The predicted octanol–water partition coefficient (Wildman–Crippen LogP) is 3.59. The average Bonchev–Trinajstić information content (AvgIpc) is 3.23. The first-order valence-corrected chi connectivity index (χ1v) is 10.7. The van der Waals surface area contributed by atoms with Gasteiger partial charge in [-0.3, -0.25) is 9.59 Å². The molecule has 1 atom stereocenters. The van der Waals surface area contributed by atoms with E-state index < -0.39 is 0 Å². The van der Waals surface area contributed by atoms with Crippen LogP contribution in [0.25, 0.3) is 0 Å². The molecule has 2 heterocycles. The van der Waals surface area contributed by atoms with Crippen molar-refractivity contribution in [2.24, 2.45) is 7.05 Å². The van der Waals surface area contributed by atoms with Gasteiger partial charge in [-0.15, -0.1) is 0 Å². The van der Waals surface area contributed by atoms with Crippen LogP contribution < -0.4 is 10.1 Å². The Bertz CT molecular complexity index is 1070. The van der Waals surface area contributed by atoms with Crippen LogP contribution in [0.5, 0.6) is 5.88 Å². The van der Waals surface area contributed by atoms with Crippen molar-refractivity contribution in [3.63, 3.8) is 0 Å². The zero-order chi connectivity index (χ0) is 23.1. The Hall–Kier alpha value is -3.32. The second kappa shape index (κ2) is 10.8. The molecule has 3 rings (SSSR count). The number of likely N-dealkylation sites (N-methyl/N-ethyl adjacent to an activating group) is 1. The van der Waals surface area contributed by atoms with Gasteiger partial charge in [0.05, 0.1) is 7.11 Å². The number of hydrogen-bond donors (Lipinski definition) is 1. The maximum Gasteiger partial charge on any atom is 0.267 e. The lowest BCUT2D eigenvalue weighted by atomic mass is 10.0. The third-order valence-electron chi connectivity index (χ3n) is 5.35. The molecule has 3 aromatic rings. The molecule has 0 aliphatic carbocycles. The Morgan fingerprint density at radius 3 is 2.59 bits per heavy atom. The first-order valence-electron chi connectivity index (χ1n) is 10.3. The number of aromatic nitrogens is 2. The second-order valence-electron chi connectivity index (χ2n) is 7.53. The summed E-state index contributed by atoms with van der Waals surface area (Å²) in [4.78, 5) is 31.4. The summed E-state index contributed by atoms with van der Waals surface area (Å²) in [6, 6.07) is 16.5. The van der Waals surface area contributed by atoms with Crippen LogP contribution in [0.4, 0.5) is 0 Å². The number of rotatable bonds is 9. The van der Waals surface area contributed by atoms with Gasteiger partial charge in [-0.25, -0.2) is 4.98 Å². The largest absolute Gasteiger partial charge is 0.481 e. The van der Waals surface area contributed by atoms with E-state index in [0.29, 0.717) is 30.6 Å². The fraction of sp³-hybridized carbons (Fsp3) is 0.292. The molecule has 0 bridgehead atoms. The quantitative estimate of drug-likeness (QED) is 0.501. The van der Waals surface area contributed by atoms with Crippen LogP contribution in [0, 0.1) is 0 Å². The molecule has 2 amide bonds. The molecule has 2 aromatic heterocycles. The molecule has 1 N–H and O–H groups in total. The number of ether oxygens (including phenoxy) is 1. The Balaban J connectivity index is 1.74. The van der Waals surface area contributed by atoms with Crippen LogP contribution in [0.2, 0.25) is 5.15 Å². The van der Waals surface area contributed by atoms with Gasteiger partial charge in [0, 0.05) is 44.5 Å². The minimum absolute atomic E-state index is 0.142. The van der Waals surface area contributed by atoms with E-state index in [0.717, 1.165) is 5.56 Å². The van der Waals surface area contributed by atoms with Crippen molar-refractivity contribution in [3.05, 3.63) is 82.8 Å². The molecule has 32 heavy (non-hydrogen) atoms. The van der Waals surface area contributed by atoms with E-state index in [2.05, 4.69) is 10.3 Å². The number of nitrogens with one attached hydrogen (secondary N) is 1. The molecular formula is C24H27ClN4O3. The predicted molar refractivity (Wildman–Crippen MR) is 124 cm³/mol. The number of hydrogen-bond acceptors (Lipinski definition) is 4. The van der Waals surface area contributed by atoms with Crippen molar-refractivity contribution in [2.45, 2.75) is 18.9 Å². The Morgan fingerprint density at radius 1 is 1.19 bits per heavy atom. The van der Waals surface area contributed by atoms with Crippen molar-refractivity contribution in [2.75, 3.05) is 20.7 Å². The molecule has 0 unspecified atom stereocenters. The number of nitrogens with zero attached hydrogens (tertiary/aromatic N) is 3. The third-order valence-corrected chi connectivity index (χ3v) is 5.54. The molecule has 168 valence electrons. The smallest absolute Gasteiger partial charge is 0.267 e.